The molecule has 1 saturated heterocycles. The summed E-state index contributed by atoms with van der Waals surface area (Å²) >= 11 is 0. The Morgan fingerprint density at radius 3 is 2.58 bits per heavy atom. The second-order valence-corrected chi connectivity index (χ2v) is 7.87. The minimum absolute atomic E-state index is 0.0995. The second kappa shape index (κ2) is 6.51. The molecule has 128 valence electrons. The molecule has 7 heteroatoms. The fourth-order valence-corrected chi connectivity index (χ4v) is 4.93. The molecule has 1 atom stereocenters. The summed E-state index contributed by atoms with van der Waals surface area (Å²) in [7, 11) is -3.60. The van der Waals surface area contributed by atoms with E-state index in [9.17, 15) is 13.2 Å². The first-order valence-corrected chi connectivity index (χ1v) is 9.37. The summed E-state index contributed by atoms with van der Waals surface area (Å²) in [5.41, 5.74) is 0.616. The SMILES string of the molecule is CC(=O)Nc1ccc(S(=O)(=O)N2CCNCC2C)c2ccccc12. The van der Waals surface area contributed by atoms with Gasteiger partial charge in [0.2, 0.25) is 15.9 Å². The zero-order valence-electron chi connectivity index (χ0n) is 13.7. The Morgan fingerprint density at radius 2 is 1.92 bits per heavy atom. The van der Waals surface area contributed by atoms with E-state index in [1.165, 1.54) is 6.92 Å². The molecule has 0 saturated carbocycles. The lowest BCUT2D eigenvalue weighted by Crippen LogP contribution is -2.52. The largest absolute Gasteiger partial charge is 0.326 e. The van der Waals surface area contributed by atoms with Crippen LogP contribution in [0.2, 0.25) is 0 Å². The number of piperazine rings is 1. The van der Waals surface area contributed by atoms with Gasteiger partial charge < -0.3 is 10.6 Å². The van der Waals surface area contributed by atoms with Gasteiger partial charge in [-0.1, -0.05) is 24.3 Å². The van der Waals surface area contributed by atoms with E-state index in [0.29, 0.717) is 30.7 Å². The molecule has 2 N–H and O–H groups in total. The van der Waals surface area contributed by atoms with Crippen LogP contribution in [0.3, 0.4) is 0 Å². The van der Waals surface area contributed by atoms with Crippen molar-refractivity contribution in [3.63, 3.8) is 0 Å². The molecule has 24 heavy (non-hydrogen) atoms. The molecule has 1 unspecified atom stereocenters. The lowest BCUT2D eigenvalue weighted by atomic mass is 10.1. The van der Waals surface area contributed by atoms with Gasteiger partial charge in [0, 0.05) is 49.1 Å². The van der Waals surface area contributed by atoms with Gasteiger partial charge in [-0.25, -0.2) is 8.42 Å². The summed E-state index contributed by atoms with van der Waals surface area (Å²) < 4.78 is 27.9. The number of carbonyl (C=O) groups excluding carboxylic acids is 1. The molecule has 0 aromatic heterocycles. The molecule has 0 aliphatic carbocycles. The highest BCUT2D eigenvalue weighted by Crippen LogP contribution is 2.32. The summed E-state index contributed by atoms with van der Waals surface area (Å²) in [5, 5.41) is 7.30. The number of hydrogen-bond acceptors (Lipinski definition) is 4. The molecule has 0 bridgehead atoms. The first-order valence-electron chi connectivity index (χ1n) is 7.93. The van der Waals surface area contributed by atoms with Crippen molar-refractivity contribution < 1.29 is 13.2 Å². The molecule has 1 amide bonds. The van der Waals surface area contributed by atoms with E-state index in [-0.39, 0.29) is 16.8 Å². The Labute approximate surface area is 141 Å². The van der Waals surface area contributed by atoms with Crippen LogP contribution in [0, 0.1) is 0 Å². The van der Waals surface area contributed by atoms with Crippen LogP contribution in [0.5, 0.6) is 0 Å². The number of fused-ring (bicyclic) bond motifs is 1. The predicted octanol–water partition coefficient (Wildman–Crippen LogP) is 1.78. The molecular weight excluding hydrogens is 326 g/mol. The lowest BCUT2D eigenvalue weighted by molar-refractivity contribution is -0.114. The van der Waals surface area contributed by atoms with Crippen molar-refractivity contribution in [2.75, 3.05) is 25.0 Å². The van der Waals surface area contributed by atoms with Gasteiger partial charge in [-0.3, -0.25) is 4.79 Å². The highest BCUT2D eigenvalue weighted by atomic mass is 32.2. The summed E-state index contributed by atoms with van der Waals surface area (Å²) in [6.45, 7) is 5.07. The number of nitrogens with zero attached hydrogens (tertiary/aromatic N) is 1. The van der Waals surface area contributed by atoms with Crippen molar-refractivity contribution in [3.8, 4) is 0 Å². The third-order valence-electron chi connectivity index (χ3n) is 4.22. The topological polar surface area (TPSA) is 78.5 Å². The van der Waals surface area contributed by atoms with Crippen LogP contribution >= 0.6 is 0 Å². The van der Waals surface area contributed by atoms with E-state index in [4.69, 9.17) is 0 Å². The second-order valence-electron chi connectivity index (χ2n) is 6.01. The van der Waals surface area contributed by atoms with Gasteiger partial charge in [0.15, 0.2) is 0 Å². The molecule has 2 aromatic rings. The van der Waals surface area contributed by atoms with Crippen molar-refractivity contribution in [1.29, 1.82) is 0 Å². The van der Waals surface area contributed by atoms with Gasteiger partial charge in [0.25, 0.3) is 0 Å². The maximum atomic E-state index is 13.2. The van der Waals surface area contributed by atoms with E-state index in [0.717, 1.165) is 5.39 Å². The van der Waals surface area contributed by atoms with Gasteiger partial charge in [0.1, 0.15) is 0 Å². The van der Waals surface area contributed by atoms with Crippen molar-refractivity contribution in [2.24, 2.45) is 0 Å². The number of sulfonamides is 1. The Kier molecular flexibility index (Phi) is 4.58. The van der Waals surface area contributed by atoms with Crippen LogP contribution in [-0.4, -0.2) is 44.3 Å². The number of carbonyl (C=O) groups is 1. The summed E-state index contributed by atoms with van der Waals surface area (Å²) in [6, 6.07) is 10.4. The van der Waals surface area contributed by atoms with E-state index in [2.05, 4.69) is 10.6 Å². The number of amides is 1. The van der Waals surface area contributed by atoms with Crippen LogP contribution in [0.4, 0.5) is 5.69 Å². The zero-order chi connectivity index (χ0) is 17.3. The third-order valence-corrected chi connectivity index (χ3v) is 6.29. The van der Waals surface area contributed by atoms with Crippen molar-refractivity contribution in [3.05, 3.63) is 36.4 Å². The molecule has 0 spiro atoms. The smallest absolute Gasteiger partial charge is 0.244 e. The van der Waals surface area contributed by atoms with Gasteiger partial charge in [-0.05, 0) is 19.1 Å². The van der Waals surface area contributed by atoms with Gasteiger partial charge in [-0.15, -0.1) is 0 Å². The molecule has 2 aromatic carbocycles. The van der Waals surface area contributed by atoms with E-state index < -0.39 is 10.0 Å². The standard InChI is InChI=1S/C17H21N3O3S/c1-12-11-18-9-10-20(12)24(22,23)17-8-7-16(19-13(2)21)14-5-3-4-6-15(14)17/h3-8,12,18H,9-11H2,1-2H3,(H,19,21). The average Bonchev–Trinajstić information content (AvgIpc) is 2.54. The van der Waals surface area contributed by atoms with Crippen LogP contribution < -0.4 is 10.6 Å². The average molecular weight is 347 g/mol. The van der Waals surface area contributed by atoms with Crippen molar-refractivity contribution >= 4 is 32.4 Å². The van der Waals surface area contributed by atoms with Crippen molar-refractivity contribution in [1.82, 2.24) is 9.62 Å². The fraction of sp³-hybridized carbons (Fsp3) is 0.353. The number of anilines is 1. The zero-order valence-corrected chi connectivity index (χ0v) is 14.6. The molecule has 1 aliphatic heterocycles. The molecule has 1 heterocycles. The molecule has 0 radical (unpaired) electrons. The van der Waals surface area contributed by atoms with Gasteiger partial charge in [0.05, 0.1) is 4.90 Å². The van der Waals surface area contributed by atoms with Crippen LogP contribution in [0.15, 0.2) is 41.3 Å². The molecule has 3 rings (SSSR count). The normalized spacial score (nSPS) is 19.3. The Morgan fingerprint density at radius 1 is 1.21 bits per heavy atom. The Bertz CT molecular complexity index is 880. The number of hydrogen-bond donors (Lipinski definition) is 2. The first-order chi connectivity index (χ1) is 11.4. The maximum Gasteiger partial charge on any atom is 0.244 e. The van der Waals surface area contributed by atoms with Crippen LogP contribution in [0.1, 0.15) is 13.8 Å². The molecule has 1 aliphatic rings. The monoisotopic (exact) mass is 347 g/mol. The van der Waals surface area contributed by atoms with Crippen molar-refractivity contribution in [2.45, 2.75) is 24.8 Å². The van der Waals surface area contributed by atoms with Crippen LogP contribution in [-0.2, 0) is 14.8 Å². The highest BCUT2D eigenvalue weighted by molar-refractivity contribution is 7.89. The maximum absolute atomic E-state index is 13.2. The number of rotatable bonds is 3. The van der Waals surface area contributed by atoms with Gasteiger partial charge in [-0.2, -0.15) is 4.31 Å². The minimum atomic E-state index is -3.60. The molecule has 1 fully saturated rings. The van der Waals surface area contributed by atoms with E-state index >= 15 is 0 Å². The van der Waals surface area contributed by atoms with Crippen LogP contribution in [0.25, 0.3) is 10.8 Å². The predicted molar refractivity (Wildman–Crippen MR) is 94.5 cm³/mol. The number of benzene rings is 2. The Hall–Kier alpha value is -1.96. The highest BCUT2D eigenvalue weighted by Gasteiger charge is 2.32. The molecular formula is C17H21N3O3S. The lowest BCUT2D eigenvalue weighted by Gasteiger charge is -2.33. The summed E-state index contributed by atoms with van der Waals surface area (Å²) in [4.78, 5) is 11.7. The third kappa shape index (κ3) is 3.02. The van der Waals surface area contributed by atoms with Gasteiger partial charge >= 0.3 is 0 Å². The summed E-state index contributed by atoms with van der Waals surface area (Å²) in [5.74, 6) is -0.188. The van der Waals surface area contributed by atoms with E-state index in [1.54, 1.807) is 28.6 Å². The van der Waals surface area contributed by atoms with E-state index in [1.807, 2.05) is 19.1 Å². The quantitative estimate of drug-likeness (QED) is 0.887. The molecule has 6 nitrogen and oxygen atoms in total. The minimum Gasteiger partial charge on any atom is -0.326 e. The number of nitrogens with one attached hydrogen (secondary N) is 2. The summed E-state index contributed by atoms with van der Waals surface area (Å²) in [6.07, 6.45) is 0. The Balaban J connectivity index is 2.15. The fourth-order valence-electron chi connectivity index (χ4n) is 3.10. The first kappa shape index (κ1) is 16.9.